The second-order valence-corrected chi connectivity index (χ2v) is 8.13. The van der Waals surface area contributed by atoms with Crippen LogP contribution in [-0.4, -0.2) is 41.1 Å². The summed E-state index contributed by atoms with van der Waals surface area (Å²) in [6.45, 7) is 1.16. The molecule has 0 aromatic heterocycles. The molecule has 3 aliphatic rings. The monoisotopic (exact) mass is 418 g/mol. The highest BCUT2D eigenvalue weighted by atomic mass is 16.2. The van der Waals surface area contributed by atoms with E-state index in [0.717, 1.165) is 25.1 Å². The Labute approximate surface area is 179 Å². The first-order chi connectivity index (χ1) is 15.0. The highest BCUT2D eigenvalue weighted by Crippen LogP contribution is 2.29. The van der Waals surface area contributed by atoms with Crippen LogP contribution in [0.25, 0.3) is 0 Å². The van der Waals surface area contributed by atoms with Gasteiger partial charge in [0.1, 0.15) is 6.04 Å². The van der Waals surface area contributed by atoms with Gasteiger partial charge in [-0.2, -0.15) is 0 Å². The molecule has 158 valence electrons. The fourth-order valence-electron chi connectivity index (χ4n) is 4.46. The maximum Gasteiger partial charge on any atom is 0.255 e. The Bertz CT molecular complexity index is 1130. The second kappa shape index (κ2) is 7.54. The predicted molar refractivity (Wildman–Crippen MR) is 114 cm³/mol. The Kier molecular flexibility index (Phi) is 4.69. The molecule has 2 aromatic carbocycles. The lowest BCUT2D eigenvalue weighted by Crippen LogP contribution is -2.52. The maximum absolute atomic E-state index is 12.8. The summed E-state index contributed by atoms with van der Waals surface area (Å²) in [5.41, 5.74) is 4.63. The van der Waals surface area contributed by atoms with E-state index in [1.165, 1.54) is 10.5 Å². The molecular weight excluding hydrogens is 396 g/mol. The third-order valence-corrected chi connectivity index (χ3v) is 6.09. The fraction of sp³-hybridized carbons (Fsp3) is 0.304. The summed E-state index contributed by atoms with van der Waals surface area (Å²) < 4.78 is 0. The lowest BCUT2D eigenvalue weighted by molar-refractivity contribution is -0.136. The van der Waals surface area contributed by atoms with Gasteiger partial charge in [0, 0.05) is 42.0 Å². The van der Waals surface area contributed by atoms with E-state index < -0.39 is 11.9 Å². The maximum atomic E-state index is 12.8. The van der Waals surface area contributed by atoms with Gasteiger partial charge in [-0.15, -0.1) is 0 Å². The summed E-state index contributed by atoms with van der Waals surface area (Å²) in [5.74, 6) is -1.28. The number of nitrogens with one attached hydrogen (secondary N) is 3. The smallest absolute Gasteiger partial charge is 0.255 e. The molecule has 1 unspecified atom stereocenters. The standard InChI is InChI=1S/C23H22N4O4/c28-20-8-7-19(22(30)26-20)27-12-15-10-14(4-6-17(15)23(27)31)21(29)25-16-5-3-13-2-1-9-24-18(13)11-16/h3-6,10-11,19,24H,1-2,7-9,12H2,(H,25,29)(H,26,28,30). The topological polar surface area (TPSA) is 108 Å². The molecule has 8 heteroatoms. The number of hydrogen-bond donors (Lipinski definition) is 3. The minimum Gasteiger partial charge on any atom is -0.385 e. The van der Waals surface area contributed by atoms with Gasteiger partial charge in [0.15, 0.2) is 0 Å². The molecular formula is C23H22N4O4. The zero-order valence-electron chi connectivity index (χ0n) is 16.9. The molecule has 1 atom stereocenters. The first-order valence-corrected chi connectivity index (χ1v) is 10.5. The quantitative estimate of drug-likeness (QED) is 0.662. The van der Waals surface area contributed by atoms with Gasteiger partial charge in [0.25, 0.3) is 11.8 Å². The Hall–Kier alpha value is -3.68. The first kappa shape index (κ1) is 19.3. The number of nitrogens with zero attached hydrogens (tertiary/aromatic N) is 1. The van der Waals surface area contributed by atoms with Crippen molar-refractivity contribution in [2.45, 2.75) is 38.3 Å². The number of carbonyl (C=O) groups is 4. The number of anilines is 2. The van der Waals surface area contributed by atoms with E-state index in [2.05, 4.69) is 16.0 Å². The molecule has 1 saturated heterocycles. The molecule has 2 aromatic rings. The summed E-state index contributed by atoms with van der Waals surface area (Å²) in [6.07, 6.45) is 2.64. The van der Waals surface area contributed by atoms with Gasteiger partial charge < -0.3 is 15.5 Å². The van der Waals surface area contributed by atoms with E-state index in [4.69, 9.17) is 0 Å². The van der Waals surface area contributed by atoms with Crippen LogP contribution in [0.2, 0.25) is 0 Å². The molecule has 0 aliphatic carbocycles. The van der Waals surface area contributed by atoms with Crippen LogP contribution in [0.4, 0.5) is 11.4 Å². The van der Waals surface area contributed by atoms with Crippen LogP contribution in [0.5, 0.6) is 0 Å². The van der Waals surface area contributed by atoms with Crippen LogP contribution >= 0.6 is 0 Å². The van der Waals surface area contributed by atoms with Gasteiger partial charge in [-0.3, -0.25) is 24.5 Å². The van der Waals surface area contributed by atoms with Crippen LogP contribution < -0.4 is 16.0 Å². The summed E-state index contributed by atoms with van der Waals surface area (Å²) in [4.78, 5) is 50.6. The zero-order chi connectivity index (χ0) is 21.5. The summed E-state index contributed by atoms with van der Waals surface area (Å²) in [5, 5.41) is 8.56. The summed E-state index contributed by atoms with van der Waals surface area (Å²) in [6, 6.07) is 10.1. The molecule has 1 fully saturated rings. The Morgan fingerprint density at radius 2 is 1.90 bits per heavy atom. The van der Waals surface area contributed by atoms with E-state index in [9.17, 15) is 19.2 Å². The van der Waals surface area contributed by atoms with E-state index in [-0.39, 0.29) is 30.7 Å². The van der Waals surface area contributed by atoms with Crippen molar-refractivity contribution in [2.75, 3.05) is 17.2 Å². The van der Waals surface area contributed by atoms with Gasteiger partial charge in [-0.25, -0.2) is 0 Å². The number of piperidine rings is 1. The van der Waals surface area contributed by atoms with E-state index in [1.54, 1.807) is 18.2 Å². The number of rotatable bonds is 3. The van der Waals surface area contributed by atoms with Crippen LogP contribution in [0, 0.1) is 0 Å². The molecule has 0 radical (unpaired) electrons. The van der Waals surface area contributed by atoms with E-state index in [1.807, 2.05) is 18.2 Å². The number of benzene rings is 2. The summed E-state index contributed by atoms with van der Waals surface area (Å²) in [7, 11) is 0. The molecule has 0 spiro atoms. The molecule has 31 heavy (non-hydrogen) atoms. The average molecular weight is 418 g/mol. The van der Waals surface area contributed by atoms with Crippen molar-refractivity contribution < 1.29 is 19.2 Å². The highest BCUT2D eigenvalue weighted by molar-refractivity contribution is 6.08. The van der Waals surface area contributed by atoms with Crippen molar-refractivity contribution in [3.05, 3.63) is 58.7 Å². The molecule has 5 rings (SSSR count). The third kappa shape index (κ3) is 3.54. The zero-order valence-corrected chi connectivity index (χ0v) is 16.9. The number of amides is 4. The Balaban J connectivity index is 1.32. The highest BCUT2D eigenvalue weighted by Gasteiger charge is 2.39. The van der Waals surface area contributed by atoms with Crippen LogP contribution in [0.15, 0.2) is 36.4 Å². The molecule has 3 heterocycles. The molecule has 8 nitrogen and oxygen atoms in total. The molecule has 3 aliphatic heterocycles. The van der Waals surface area contributed by atoms with Gasteiger partial charge >= 0.3 is 0 Å². The first-order valence-electron chi connectivity index (χ1n) is 10.5. The fourth-order valence-corrected chi connectivity index (χ4v) is 4.46. The van der Waals surface area contributed by atoms with Gasteiger partial charge in [-0.1, -0.05) is 6.07 Å². The average Bonchev–Trinajstić information content (AvgIpc) is 3.09. The molecule has 0 saturated carbocycles. The van der Waals surface area contributed by atoms with Crippen LogP contribution in [0.3, 0.4) is 0 Å². The van der Waals surface area contributed by atoms with Crippen molar-refractivity contribution in [2.24, 2.45) is 0 Å². The predicted octanol–water partition coefficient (Wildman–Crippen LogP) is 2.06. The number of aryl methyl sites for hydroxylation is 1. The number of imide groups is 1. The van der Waals surface area contributed by atoms with Gasteiger partial charge in [0.2, 0.25) is 11.8 Å². The lowest BCUT2D eigenvalue weighted by atomic mass is 10.0. The molecule has 0 bridgehead atoms. The van der Waals surface area contributed by atoms with Crippen molar-refractivity contribution in [1.29, 1.82) is 0 Å². The molecule has 3 N–H and O–H groups in total. The van der Waals surface area contributed by atoms with E-state index >= 15 is 0 Å². The van der Waals surface area contributed by atoms with Crippen molar-refractivity contribution in [3.8, 4) is 0 Å². The second-order valence-electron chi connectivity index (χ2n) is 8.13. The number of carbonyl (C=O) groups excluding carboxylic acids is 4. The minimum atomic E-state index is -0.669. The van der Waals surface area contributed by atoms with Crippen LogP contribution in [-0.2, 0) is 22.6 Å². The Morgan fingerprint density at radius 3 is 2.74 bits per heavy atom. The number of hydrogen-bond acceptors (Lipinski definition) is 5. The largest absolute Gasteiger partial charge is 0.385 e. The van der Waals surface area contributed by atoms with Crippen molar-refractivity contribution in [1.82, 2.24) is 10.2 Å². The van der Waals surface area contributed by atoms with Crippen molar-refractivity contribution >= 4 is 35.0 Å². The molecule has 4 amide bonds. The SMILES string of the molecule is O=C1CCC(N2Cc3cc(C(=O)Nc4ccc5c(c4)NCCC5)ccc3C2=O)C(=O)N1. The van der Waals surface area contributed by atoms with Gasteiger partial charge in [0.05, 0.1) is 0 Å². The normalized spacial score (nSPS) is 19.9. The number of fused-ring (bicyclic) bond motifs is 2. The minimum absolute atomic E-state index is 0.208. The lowest BCUT2D eigenvalue weighted by Gasteiger charge is -2.29. The third-order valence-electron chi connectivity index (χ3n) is 6.09. The van der Waals surface area contributed by atoms with Crippen LogP contribution in [0.1, 0.15) is 51.1 Å². The van der Waals surface area contributed by atoms with Gasteiger partial charge in [-0.05, 0) is 60.7 Å². The summed E-state index contributed by atoms with van der Waals surface area (Å²) >= 11 is 0. The van der Waals surface area contributed by atoms with Crippen molar-refractivity contribution in [3.63, 3.8) is 0 Å². The van der Waals surface area contributed by atoms with E-state index in [0.29, 0.717) is 28.8 Å². The Morgan fingerprint density at radius 1 is 1.03 bits per heavy atom.